The first-order chi connectivity index (χ1) is 7.54. The molecule has 1 aromatic rings. The van der Waals surface area contributed by atoms with Crippen molar-refractivity contribution in [2.75, 3.05) is 0 Å². The first kappa shape index (κ1) is 12.8. The predicted octanol–water partition coefficient (Wildman–Crippen LogP) is 3.82. The number of nitro groups is 1. The Bertz CT molecular complexity index is 381. The van der Waals surface area contributed by atoms with E-state index in [4.69, 9.17) is 16.3 Å². The monoisotopic (exact) mass is 243 g/mol. The molecule has 0 saturated carbocycles. The number of non-ortho nitro benzene ring substituents is 1. The zero-order valence-electron chi connectivity index (χ0n) is 9.27. The topological polar surface area (TPSA) is 52.4 Å². The third kappa shape index (κ3) is 3.38. The fourth-order valence-corrected chi connectivity index (χ4v) is 1.54. The number of halogens is 1. The summed E-state index contributed by atoms with van der Waals surface area (Å²) >= 11 is 5.90. The maximum Gasteiger partial charge on any atom is 0.273 e. The fraction of sp³-hybridized carbons (Fsp3) is 0.455. The van der Waals surface area contributed by atoms with Crippen LogP contribution in [0.3, 0.4) is 0 Å². The van der Waals surface area contributed by atoms with Gasteiger partial charge in [-0.2, -0.15) is 0 Å². The molecule has 0 bridgehead atoms. The van der Waals surface area contributed by atoms with Gasteiger partial charge < -0.3 is 4.74 Å². The number of nitro benzene ring substituents is 1. The molecule has 0 heterocycles. The highest BCUT2D eigenvalue weighted by molar-refractivity contribution is 6.32. The minimum Gasteiger partial charge on any atom is -0.489 e. The van der Waals surface area contributed by atoms with Crippen LogP contribution in [0.4, 0.5) is 5.69 Å². The average molecular weight is 244 g/mol. The molecule has 0 aliphatic heterocycles. The van der Waals surface area contributed by atoms with Crippen molar-refractivity contribution in [2.24, 2.45) is 0 Å². The molecule has 0 N–H and O–H groups in total. The third-order valence-corrected chi connectivity index (χ3v) is 2.46. The molecule has 16 heavy (non-hydrogen) atoms. The van der Waals surface area contributed by atoms with E-state index in [9.17, 15) is 10.1 Å². The summed E-state index contributed by atoms with van der Waals surface area (Å²) in [6.45, 7) is 3.97. The van der Waals surface area contributed by atoms with Gasteiger partial charge in [-0.25, -0.2) is 0 Å². The van der Waals surface area contributed by atoms with Crippen molar-refractivity contribution in [1.82, 2.24) is 0 Å². The standard InChI is InChI=1S/C11H14ClNO3/c1-3-4-8(2)16-11-7-9(13(14)15)5-6-10(11)12/h5-8H,3-4H2,1-2H3. The smallest absolute Gasteiger partial charge is 0.273 e. The Morgan fingerprint density at radius 2 is 2.25 bits per heavy atom. The number of benzene rings is 1. The van der Waals surface area contributed by atoms with E-state index in [1.54, 1.807) is 0 Å². The van der Waals surface area contributed by atoms with Crippen molar-refractivity contribution in [2.45, 2.75) is 32.8 Å². The molecule has 88 valence electrons. The molecule has 0 fully saturated rings. The molecule has 1 aromatic carbocycles. The number of ether oxygens (including phenoxy) is 1. The molecular formula is C11H14ClNO3. The molecule has 0 aromatic heterocycles. The van der Waals surface area contributed by atoms with Crippen LogP contribution in [-0.4, -0.2) is 11.0 Å². The number of rotatable bonds is 5. The molecule has 1 rings (SSSR count). The van der Waals surface area contributed by atoms with Gasteiger partial charge in [0.25, 0.3) is 5.69 Å². The van der Waals surface area contributed by atoms with Crippen molar-refractivity contribution in [3.63, 3.8) is 0 Å². The normalized spacial score (nSPS) is 12.2. The van der Waals surface area contributed by atoms with E-state index in [0.717, 1.165) is 12.8 Å². The summed E-state index contributed by atoms with van der Waals surface area (Å²) in [5, 5.41) is 11.0. The molecule has 0 radical (unpaired) electrons. The minimum atomic E-state index is -0.465. The van der Waals surface area contributed by atoms with E-state index in [1.165, 1.54) is 18.2 Å². The Balaban J connectivity index is 2.85. The number of hydrogen-bond donors (Lipinski definition) is 0. The van der Waals surface area contributed by atoms with Gasteiger partial charge in [-0.15, -0.1) is 0 Å². The Morgan fingerprint density at radius 3 is 2.81 bits per heavy atom. The van der Waals surface area contributed by atoms with E-state index in [2.05, 4.69) is 6.92 Å². The highest BCUT2D eigenvalue weighted by Crippen LogP contribution is 2.30. The summed E-state index contributed by atoms with van der Waals surface area (Å²) in [5.41, 5.74) is -0.0110. The first-order valence-corrected chi connectivity index (χ1v) is 5.53. The predicted molar refractivity (Wildman–Crippen MR) is 63.1 cm³/mol. The second kappa shape index (κ2) is 5.70. The minimum absolute atomic E-state index is 0.00417. The quantitative estimate of drug-likeness (QED) is 0.584. The molecule has 0 aliphatic rings. The Morgan fingerprint density at radius 1 is 1.56 bits per heavy atom. The summed E-state index contributed by atoms with van der Waals surface area (Å²) in [5.74, 6) is 0.372. The van der Waals surface area contributed by atoms with Gasteiger partial charge in [-0.1, -0.05) is 24.9 Å². The van der Waals surface area contributed by atoms with Gasteiger partial charge in [0.1, 0.15) is 5.75 Å². The molecule has 5 heteroatoms. The molecule has 0 spiro atoms. The molecule has 0 saturated heterocycles. The maximum atomic E-state index is 10.6. The number of hydrogen-bond acceptors (Lipinski definition) is 3. The molecule has 4 nitrogen and oxygen atoms in total. The van der Waals surface area contributed by atoms with Crippen LogP contribution in [0.15, 0.2) is 18.2 Å². The van der Waals surface area contributed by atoms with Crippen molar-refractivity contribution >= 4 is 17.3 Å². The van der Waals surface area contributed by atoms with Crippen molar-refractivity contribution in [3.8, 4) is 5.75 Å². The van der Waals surface area contributed by atoms with Crippen LogP contribution in [0.5, 0.6) is 5.75 Å². The molecule has 1 unspecified atom stereocenters. The van der Waals surface area contributed by atoms with Crippen LogP contribution in [0.1, 0.15) is 26.7 Å². The van der Waals surface area contributed by atoms with E-state index < -0.39 is 4.92 Å². The summed E-state index contributed by atoms with van der Waals surface area (Å²) in [6, 6.07) is 4.20. The van der Waals surface area contributed by atoms with Gasteiger partial charge in [0, 0.05) is 6.07 Å². The van der Waals surface area contributed by atoms with Gasteiger partial charge >= 0.3 is 0 Å². The van der Waals surface area contributed by atoms with Gasteiger partial charge in [-0.05, 0) is 19.4 Å². The zero-order valence-corrected chi connectivity index (χ0v) is 10.0. The van der Waals surface area contributed by atoms with E-state index in [1.807, 2.05) is 6.92 Å². The lowest BCUT2D eigenvalue weighted by Gasteiger charge is -2.14. The van der Waals surface area contributed by atoms with Crippen molar-refractivity contribution in [3.05, 3.63) is 33.3 Å². The lowest BCUT2D eigenvalue weighted by molar-refractivity contribution is -0.384. The SMILES string of the molecule is CCCC(C)Oc1cc([N+](=O)[O-])ccc1Cl. The van der Waals surface area contributed by atoms with E-state index >= 15 is 0 Å². The summed E-state index contributed by atoms with van der Waals surface area (Å²) < 4.78 is 5.54. The first-order valence-electron chi connectivity index (χ1n) is 5.15. The molecule has 1 atom stereocenters. The van der Waals surface area contributed by atoms with Crippen LogP contribution in [0.2, 0.25) is 5.02 Å². The van der Waals surface area contributed by atoms with Gasteiger partial charge in [-0.3, -0.25) is 10.1 Å². The lowest BCUT2D eigenvalue weighted by Crippen LogP contribution is -2.11. The third-order valence-electron chi connectivity index (χ3n) is 2.15. The summed E-state index contributed by atoms with van der Waals surface area (Å²) in [7, 11) is 0. The molecule has 0 amide bonds. The summed E-state index contributed by atoms with van der Waals surface area (Å²) in [4.78, 5) is 10.1. The Kier molecular flexibility index (Phi) is 4.55. The second-order valence-electron chi connectivity index (χ2n) is 3.59. The highest BCUT2D eigenvalue weighted by atomic mass is 35.5. The lowest BCUT2D eigenvalue weighted by atomic mass is 10.2. The van der Waals surface area contributed by atoms with Crippen LogP contribution in [0.25, 0.3) is 0 Å². The van der Waals surface area contributed by atoms with Gasteiger partial charge in [0.2, 0.25) is 0 Å². The highest BCUT2D eigenvalue weighted by Gasteiger charge is 2.12. The van der Waals surface area contributed by atoms with E-state index in [0.29, 0.717) is 10.8 Å². The summed E-state index contributed by atoms with van der Waals surface area (Å²) in [6.07, 6.45) is 1.89. The van der Waals surface area contributed by atoms with Crippen LogP contribution >= 0.6 is 11.6 Å². The molecular weight excluding hydrogens is 230 g/mol. The van der Waals surface area contributed by atoms with Gasteiger partial charge in [0.05, 0.1) is 22.1 Å². The average Bonchev–Trinajstić information content (AvgIpc) is 2.21. The van der Waals surface area contributed by atoms with Crippen molar-refractivity contribution in [1.29, 1.82) is 0 Å². The number of nitrogens with zero attached hydrogens (tertiary/aromatic N) is 1. The van der Waals surface area contributed by atoms with Crippen LogP contribution < -0.4 is 4.74 Å². The fourth-order valence-electron chi connectivity index (χ4n) is 1.38. The van der Waals surface area contributed by atoms with Gasteiger partial charge in [0.15, 0.2) is 0 Å². The Hall–Kier alpha value is -1.29. The van der Waals surface area contributed by atoms with Crippen LogP contribution in [0, 0.1) is 10.1 Å². The maximum absolute atomic E-state index is 10.6. The molecule has 0 aliphatic carbocycles. The van der Waals surface area contributed by atoms with Crippen molar-refractivity contribution < 1.29 is 9.66 Å². The second-order valence-corrected chi connectivity index (χ2v) is 4.00. The van der Waals surface area contributed by atoms with E-state index in [-0.39, 0.29) is 11.8 Å². The zero-order chi connectivity index (χ0) is 12.1. The Labute approximate surface area is 99.3 Å². The van der Waals surface area contributed by atoms with Crippen LogP contribution in [-0.2, 0) is 0 Å². The largest absolute Gasteiger partial charge is 0.489 e.